The molecule has 0 fully saturated rings. The zero-order valence-electron chi connectivity index (χ0n) is 10.2. The van der Waals surface area contributed by atoms with Crippen LogP contribution in [0.15, 0.2) is 34.5 Å². The molecule has 1 heterocycles. The fourth-order valence-electron chi connectivity index (χ4n) is 1.48. The largest absolute Gasteiger partial charge is 0.326 e. The van der Waals surface area contributed by atoms with Crippen molar-refractivity contribution in [2.75, 3.05) is 4.72 Å². The second-order valence-electron chi connectivity index (χ2n) is 4.02. The number of hydrogen-bond donors (Lipinski definition) is 2. The smallest absolute Gasteiger partial charge is 0.262 e. The normalized spacial score (nSPS) is 11.5. The number of sulfonamides is 1. The summed E-state index contributed by atoms with van der Waals surface area (Å²) in [7, 11) is -3.69. The van der Waals surface area contributed by atoms with Crippen LogP contribution in [0.5, 0.6) is 0 Å². The van der Waals surface area contributed by atoms with E-state index in [1.807, 2.05) is 0 Å². The van der Waals surface area contributed by atoms with Crippen LogP contribution in [0.25, 0.3) is 0 Å². The summed E-state index contributed by atoms with van der Waals surface area (Å²) in [4.78, 5) is 0.911. The van der Waals surface area contributed by atoms with Crippen LogP contribution in [0.1, 0.15) is 10.4 Å². The number of hydrogen-bond acceptors (Lipinski definition) is 4. The van der Waals surface area contributed by atoms with Crippen LogP contribution in [0, 0.1) is 12.7 Å². The van der Waals surface area contributed by atoms with Gasteiger partial charge in [0.2, 0.25) is 0 Å². The summed E-state index contributed by atoms with van der Waals surface area (Å²) < 4.78 is 39.8. The Morgan fingerprint density at radius 2 is 2.11 bits per heavy atom. The molecule has 19 heavy (non-hydrogen) atoms. The first-order valence-corrected chi connectivity index (χ1v) is 7.85. The van der Waals surface area contributed by atoms with Crippen molar-refractivity contribution in [1.82, 2.24) is 0 Å². The van der Waals surface area contributed by atoms with E-state index in [0.29, 0.717) is 12.1 Å². The van der Waals surface area contributed by atoms with Crippen molar-refractivity contribution in [3.05, 3.63) is 45.9 Å². The first-order chi connectivity index (χ1) is 8.92. The highest BCUT2D eigenvalue weighted by molar-refractivity contribution is 7.92. The summed E-state index contributed by atoms with van der Waals surface area (Å²) in [5.74, 6) is -0.451. The molecular formula is C12H13FN2O2S2. The Balaban J connectivity index is 2.28. The zero-order chi connectivity index (χ0) is 14.0. The molecule has 0 atom stereocenters. The Morgan fingerprint density at radius 3 is 2.68 bits per heavy atom. The van der Waals surface area contributed by atoms with Crippen molar-refractivity contribution in [3.63, 3.8) is 0 Å². The van der Waals surface area contributed by atoms with Crippen LogP contribution >= 0.6 is 11.3 Å². The van der Waals surface area contributed by atoms with E-state index in [9.17, 15) is 12.8 Å². The van der Waals surface area contributed by atoms with Gasteiger partial charge in [0.1, 0.15) is 5.82 Å². The molecule has 3 N–H and O–H groups in total. The molecule has 2 aromatic rings. The molecule has 1 aromatic heterocycles. The lowest BCUT2D eigenvalue weighted by molar-refractivity contribution is 0.601. The number of anilines is 1. The standard InChI is InChI=1S/C12H13FN2O2S2/c1-8-2-3-9(4-12(8)13)15-19(16,17)11-5-10(6-14)18-7-11/h2-5,7,15H,6,14H2,1H3. The molecule has 1 aromatic carbocycles. The third-order valence-corrected chi connectivity index (χ3v) is 5.03. The Kier molecular flexibility index (Phi) is 3.88. The number of aryl methyl sites for hydroxylation is 1. The van der Waals surface area contributed by atoms with Gasteiger partial charge in [0.15, 0.2) is 0 Å². The van der Waals surface area contributed by atoms with Crippen molar-refractivity contribution in [1.29, 1.82) is 0 Å². The van der Waals surface area contributed by atoms with Gasteiger partial charge < -0.3 is 5.73 Å². The van der Waals surface area contributed by atoms with Crippen molar-refractivity contribution in [2.24, 2.45) is 5.73 Å². The van der Waals surface area contributed by atoms with Gasteiger partial charge in [-0.05, 0) is 30.7 Å². The molecule has 0 spiro atoms. The molecule has 7 heteroatoms. The molecule has 0 aliphatic carbocycles. The number of nitrogens with two attached hydrogens (primary N) is 1. The quantitative estimate of drug-likeness (QED) is 0.911. The molecule has 0 saturated carbocycles. The number of thiophene rings is 1. The second-order valence-corrected chi connectivity index (χ2v) is 6.70. The van der Waals surface area contributed by atoms with E-state index in [1.54, 1.807) is 6.92 Å². The Hall–Kier alpha value is -1.44. The fourth-order valence-corrected chi connectivity index (χ4v) is 3.68. The molecule has 0 aliphatic heterocycles. The molecule has 0 amide bonds. The summed E-state index contributed by atoms with van der Waals surface area (Å²) in [6, 6.07) is 5.71. The van der Waals surface area contributed by atoms with Crippen LogP contribution in [0.4, 0.5) is 10.1 Å². The van der Waals surface area contributed by atoms with Crippen LogP contribution in [-0.4, -0.2) is 8.42 Å². The van der Waals surface area contributed by atoms with Gasteiger partial charge in [-0.2, -0.15) is 0 Å². The molecule has 102 valence electrons. The lowest BCUT2D eigenvalue weighted by Crippen LogP contribution is -2.12. The molecule has 0 saturated heterocycles. The van der Waals surface area contributed by atoms with Crippen LogP contribution in [0.2, 0.25) is 0 Å². The summed E-state index contributed by atoms with van der Waals surface area (Å²) in [5, 5.41) is 1.51. The van der Waals surface area contributed by atoms with Crippen molar-refractivity contribution < 1.29 is 12.8 Å². The molecule has 4 nitrogen and oxygen atoms in total. The topological polar surface area (TPSA) is 72.2 Å². The van der Waals surface area contributed by atoms with E-state index in [4.69, 9.17) is 5.73 Å². The Labute approximate surface area is 115 Å². The van der Waals surface area contributed by atoms with Crippen molar-refractivity contribution in [3.8, 4) is 0 Å². The highest BCUT2D eigenvalue weighted by Crippen LogP contribution is 2.22. The van der Waals surface area contributed by atoms with E-state index in [2.05, 4.69) is 4.72 Å². The Bertz CT molecular complexity index is 696. The second kappa shape index (κ2) is 5.28. The highest BCUT2D eigenvalue weighted by Gasteiger charge is 2.16. The van der Waals surface area contributed by atoms with Crippen LogP contribution in [0.3, 0.4) is 0 Å². The molecule has 0 aliphatic rings. The van der Waals surface area contributed by atoms with Gasteiger partial charge >= 0.3 is 0 Å². The van der Waals surface area contributed by atoms with Crippen LogP contribution < -0.4 is 10.5 Å². The number of nitrogens with one attached hydrogen (secondary N) is 1. The van der Waals surface area contributed by atoms with Crippen LogP contribution in [-0.2, 0) is 16.6 Å². The van der Waals surface area contributed by atoms with Crippen molar-refractivity contribution in [2.45, 2.75) is 18.4 Å². The molecule has 0 unspecified atom stereocenters. The minimum atomic E-state index is -3.69. The SMILES string of the molecule is Cc1ccc(NS(=O)(=O)c2csc(CN)c2)cc1F. The molecule has 0 radical (unpaired) electrons. The van der Waals surface area contributed by atoms with Crippen molar-refractivity contribution >= 4 is 27.0 Å². The predicted molar refractivity (Wildman–Crippen MR) is 74.2 cm³/mol. The van der Waals surface area contributed by atoms with Gasteiger partial charge in [0.25, 0.3) is 10.0 Å². The van der Waals surface area contributed by atoms with E-state index in [1.165, 1.54) is 34.9 Å². The lowest BCUT2D eigenvalue weighted by atomic mass is 10.2. The monoisotopic (exact) mass is 300 g/mol. The van der Waals surface area contributed by atoms with Gasteiger partial charge in [-0.25, -0.2) is 12.8 Å². The Morgan fingerprint density at radius 1 is 1.37 bits per heavy atom. The van der Waals surface area contributed by atoms with Gasteiger partial charge in [-0.1, -0.05) is 6.07 Å². The summed E-state index contributed by atoms with van der Waals surface area (Å²) in [6.07, 6.45) is 0. The van der Waals surface area contributed by atoms with E-state index in [-0.39, 0.29) is 10.6 Å². The van der Waals surface area contributed by atoms with Gasteiger partial charge in [0, 0.05) is 16.8 Å². The lowest BCUT2D eigenvalue weighted by Gasteiger charge is -2.07. The highest BCUT2D eigenvalue weighted by atomic mass is 32.2. The van der Waals surface area contributed by atoms with Gasteiger partial charge in [0.05, 0.1) is 10.6 Å². The first-order valence-electron chi connectivity index (χ1n) is 5.49. The minimum Gasteiger partial charge on any atom is -0.326 e. The third kappa shape index (κ3) is 3.12. The maximum absolute atomic E-state index is 13.4. The minimum absolute atomic E-state index is 0.138. The summed E-state index contributed by atoms with van der Waals surface area (Å²) in [5.41, 5.74) is 6.10. The van der Waals surface area contributed by atoms with E-state index in [0.717, 1.165) is 10.9 Å². The number of rotatable bonds is 4. The number of halogens is 1. The van der Waals surface area contributed by atoms with E-state index < -0.39 is 15.8 Å². The average molecular weight is 300 g/mol. The summed E-state index contributed by atoms with van der Waals surface area (Å²) >= 11 is 1.27. The zero-order valence-corrected chi connectivity index (χ0v) is 11.8. The summed E-state index contributed by atoms with van der Waals surface area (Å²) in [6.45, 7) is 1.90. The predicted octanol–water partition coefficient (Wildman–Crippen LogP) is 2.46. The van der Waals surface area contributed by atoms with E-state index >= 15 is 0 Å². The number of benzene rings is 1. The average Bonchev–Trinajstić information content (AvgIpc) is 2.83. The third-order valence-electron chi connectivity index (χ3n) is 2.57. The maximum atomic E-state index is 13.4. The fraction of sp³-hybridized carbons (Fsp3) is 0.167. The molecular weight excluding hydrogens is 287 g/mol. The first kappa shape index (κ1) is 14.0. The maximum Gasteiger partial charge on any atom is 0.262 e. The molecule has 2 rings (SSSR count). The van der Waals surface area contributed by atoms with Gasteiger partial charge in [-0.15, -0.1) is 11.3 Å². The van der Waals surface area contributed by atoms with Gasteiger partial charge in [-0.3, -0.25) is 4.72 Å². The molecule has 0 bridgehead atoms.